The van der Waals surface area contributed by atoms with Crippen LogP contribution in [0.4, 0.5) is 0 Å². The third-order valence-corrected chi connectivity index (χ3v) is 5.90. The summed E-state index contributed by atoms with van der Waals surface area (Å²) in [7, 11) is 0. The molecule has 5 nitrogen and oxygen atoms in total. The zero-order valence-corrected chi connectivity index (χ0v) is 17.5. The predicted octanol–water partition coefficient (Wildman–Crippen LogP) is 4.32. The Kier molecular flexibility index (Phi) is 6.14. The highest BCUT2D eigenvalue weighted by Gasteiger charge is 2.56. The maximum Gasteiger partial charge on any atom is 0.319 e. The summed E-state index contributed by atoms with van der Waals surface area (Å²) in [6.45, 7) is 3.06. The first-order valence-corrected chi connectivity index (χ1v) is 10.5. The summed E-state index contributed by atoms with van der Waals surface area (Å²) in [5.74, 6) is -2.48. The van der Waals surface area contributed by atoms with Gasteiger partial charge in [0, 0.05) is 13.1 Å². The van der Waals surface area contributed by atoms with E-state index >= 15 is 0 Å². The third kappa shape index (κ3) is 4.37. The number of aliphatic carboxylic acids is 1. The highest BCUT2D eigenvalue weighted by Crippen LogP contribution is 2.39. The molecule has 31 heavy (non-hydrogen) atoms. The summed E-state index contributed by atoms with van der Waals surface area (Å²) in [5, 5.41) is 9.85. The predicted molar refractivity (Wildman–Crippen MR) is 119 cm³/mol. The van der Waals surface area contributed by atoms with Crippen LogP contribution in [0.25, 0.3) is 0 Å². The van der Waals surface area contributed by atoms with Gasteiger partial charge in [0.05, 0.1) is 6.04 Å². The van der Waals surface area contributed by atoms with E-state index in [0.29, 0.717) is 13.1 Å². The Morgan fingerprint density at radius 2 is 1.32 bits per heavy atom. The van der Waals surface area contributed by atoms with Gasteiger partial charge in [-0.2, -0.15) is 0 Å². The second kappa shape index (κ2) is 9.14. The first-order valence-electron chi connectivity index (χ1n) is 10.5. The van der Waals surface area contributed by atoms with Crippen molar-refractivity contribution in [2.24, 2.45) is 5.92 Å². The van der Waals surface area contributed by atoms with Gasteiger partial charge in [-0.3, -0.25) is 14.5 Å². The minimum atomic E-state index is -1.07. The van der Waals surface area contributed by atoms with Crippen LogP contribution in [0, 0.1) is 5.92 Å². The summed E-state index contributed by atoms with van der Waals surface area (Å²) < 4.78 is 0. The van der Waals surface area contributed by atoms with Crippen LogP contribution in [-0.4, -0.2) is 32.9 Å². The molecule has 1 heterocycles. The number of hydrogen-bond acceptors (Lipinski definition) is 3. The first kappa shape index (κ1) is 20.8. The molecule has 1 fully saturated rings. The van der Waals surface area contributed by atoms with Crippen molar-refractivity contribution in [3.8, 4) is 0 Å². The van der Waals surface area contributed by atoms with E-state index in [-0.39, 0.29) is 11.9 Å². The minimum absolute atomic E-state index is 0.219. The minimum Gasteiger partial charge on any atom is -0.481 e. The number of rotatable bonds is 8. The fourth-order valence-corrected chi connectivity index (χ4v) is 4.31. The van der Waals surface area contributed by atoms with Crippen molar-refractivity contribution in [1.29, 1.82) is 0 Å². The van der Waals surface area contributed by atoms with Crippen LogP contribution in [0.5, 0.6) is 0 Å². The van der Waals surface area contributed by atoms with Gasteiger partial charge in [0.2, 0.25) is 5.91 Å². The summed E-state index contributed by atoms with van der Waals surface area (Å²) >= 11 is 0. The fraction of sp³-hybridized carbons (Fsp3) is 0.231. The number of carboxylic acid groups (broad SMARTS) is 1. The molecule has 1 unspecified atom stereocenters. The van der Waals surface area contributed by atoms with Crippen molar-refractivity contribution in [2.75, 3.05) is 0 Å². The molecule has 0 radical (unpaired) electrons. The van der Waals surface area contributed by atoms with Crippen LogP contribution in [0.15, 0.2) is 91.0 Å². The van der Waals surface area contributed by atoms with E-state index in [9.17, 15) is 14.7 Å². The van der Waals surface area contributed by atoms with Gasteiger partial charge in [0.1, 0.15) is 6.17 Å². The van der Waals surface area contributed by atoms with E-state index in [4.69, 9.17) is 0 Å². The second-order valence-electron chi connectivity index (χ2n) is 7.94. The summed E-state index contributed by atoms with van der Waals surface area (Å²) in [5.41, 5.74) is 3.15. The van der Waals surface area contributed by atoms with Gasteiger partial charge >= 0.3 is 5.97 Å². The van der Waals surface area contributed by atoms with Gasteiger partial charge in [-0.25, -0.2) is 0 Å². The molecule has 3 aromatic carbocycles. The summed E-state index contributed by atoms with van der Waals surface area (Å²) in [6.07, 6.45) is -0.527. The lowest BCUT2D eigenvalue weighted by molar-refractivity contribution is -0.188. The van der Waals surface area contributed by atoms with E-state index in [1.54, 1.807) is 4.90 Å². The Balaban J connectivity index is 1.69. The average Bonchev–Trinajstić information content (AvgIpc) is 2.78. The molecule has 1 amide bonds. The smallest absolute Gasteiger partial charge is 0.319 e. The van der Waals surface area contributed by atoms with Crippen LogP contribution in [-0.2, 0) is 22.7 Å². The van der Waals surface area contributed by atoms with Crippen molar-refractivity contribution in [2.45, 2.75) is 32.2 Å². The van der Waals surface area contributed by atoms with Gasteiger partial charge in [0.25, 0.3) is 0 Å². The molecule has 0 aromatic heterocycles. The molecule has 0 spiro atoms. The third-order valence-electron chi connectivity index (χ3n) is 5.90. The zero-order chi connectivity index (χ0) is 21.8. The molecule has 5 heteroatoms. The van der Waals surface area contributed by atoms with Crippen molar-refractivity contribution in [3.05, 3.63) is 108 Å². The quantitative estimate of drug-likeness (QED) is 0.441. The van der Waals surface area contributed by atoms with E-state index in [0.717, 1.165) is 16.7 Å². The number of carbonyl (C=O) groups is 2. The van der Waals surface area contributed by atoms with Crippen LogP contribution >= 0.6 is 0 Å². The second-order valence-corrected chi connectivity index (χ2v) is 7.94. The van der Waals surface area contributed by atoms with Crippen LogP contribution < -0.4 is 0 Å². The van der Waals surface area contributed by atoms with Gasteiger partial charge in [-0.05, 0) is 23.6 Å². The number of β-lactam (4-membered cyclic amide) rings is 1. The normalized spacial score (nSPS) is 19.2. The lowest BCUT2D eigenvalue weighted by atomic mass is 9.88. The first-order chi connectivity index (χ1) is 15.1. The molecule has 3 atom stereocenters. The number of nitrogens with zero attached hydrogens (tertiary/aromatic N) is 2. The van der Waals surface area contributed by atoms with E-state index in [1.165, 1.54) is 0 Å². The van der Waals surface area contributed by atoms with Crippen molar-refractivity contribution in [3.63, 3.8) is 0 Å². The molecule has 158 valence electrons. The SMILES string of the molecule is CC(c1ccccc1)N1C(=O)[C@@H](C(=O)O)[C@@H]1N(Cc1ccccc1)Cc1ccccc1. The van der Waals surface area contributed by atoms with E-state index < -0.39 is 18.1 Å². The Morgan fingerprint density at radius 3 is 1.77 bits per heavy atom. The maximum atomic E-state index is 13.0. The molecule has 1 aliphatic heterocycles. The van der Waals surface area contributed by atoms with E-state index in [2.05, 4.69) is 4.90 Å². The largest absolute Gasteiger partial charge is 0.481 e. The highest BCUT2D eigenvalue weighted by atomic mass is 16.4. The molecule has 4 rings (SSSR count). The molecule has 1 saturated heterocycles. The molecule has 0 aliphatic carbocycles. The molecule has 1 aliphatic rings. The van der Waals surface area contributed by atoms with Gasteiger partial charge in [-0.1, -0.05) is 91.0 Å². The van der Waals surface area contributed by atoms with Gasteiger partial charge in [-0.15, -0.1) is 0 Å². The topological polar surface area (TPSA) is 60.9 Å². The lowest BCUT2D eigenvalue weighted by Crippen LogP contribution is -2.69. The monoisotopic (exact) mass is 414 g/mol. The lowest BCUT2D eigenvalue weighted by Gasteiger charge is -2.53. The van der Waals surface area contributed by atoms with Gasteiger partial charge in [0.15, 0.2) is 5.92 Å². The van der Waals surface area contributed by atoms with Crippen LogP contribution in [0.3, 0.4) is 0 Å². The molecule has 3 aromatic rings. The van der Waals surface area contributed by atoms with Crippen molar-refractivity contribution < 1.29 is 14.7 Å². The Bertz CT molecular complexity index is 983. The number of carboxylic acids is 1. The molecular formula is C26H26N2O3. The number of amides is 1. The zero-order valence-electron chi connectivity index (χ0n) is 17.5. The molecule has 0 saturated carbocycles. The number of benzene rings is 3. The highest BCUT2D eigenvalue weighted by molar-refractivity contribution is 6.02. The molecule has 0 bridgehead atoms. The number of carbonyl (C=O) groups excluding carboxylic acids is 1. The van der Waals surface area contributed by atoms with Crippen molar-refractivity contribution >= 4 is 11.9 Å². The van der Waals surface area contributed by atoms with Crippen LogP contribution in [0.2, 0.25) is 0 Å². The Morgan fingerprint density at radius 1 is 0.871 bits per heavy atom. The fourth-order valence-electron chi connectivity index (χ4n) is 4.31. The van der Waals surface area contributed by atoms with Crippen LogP contribution in [0.1, 0.15) is 29.7 Å². The van der Waals surface area contributed by atoms with Crippen molar-refractivity contribution in [1.82, 2.24) is 9.80 Å². The van der Waals surface area contributed by atoms with E-state index in [1.807, 2.05) is 97.9 Å². The maximum absolute atomic E-state index is 13.0. The summed E-state index contributed by atoms with van der Waals surface area (Å²) in [6, 6.07) is 29.5. The van der Waals surface area contributed by atoms with Gasteiger partial charge < -0.3 is 10.0 Å². The summed E-state index contributed by atoms with van der Waals surface area (Å²) in [4.78, 5) is 28.8. The molecular weight excluding hydrogens is 388 g/mol. The standard InChI is InChI=1S/C26H26N2O3/c1-19(22-15-9-4-10-16-22)28-24(23(25(28)29)26(30)31)27(17-20-11-5-2-6-12-20)18-21-13-7-3-8-14-21/h2-16,19,23-24H,17-18H2,1H3,(H,30,31)/t19?,23-,24+/m0/s1. The number of likely N-dealkylation sites (tertiary alicyclic amines) is 1. The Hall–Kier alpha value is -3.44. The Labute approximate surface area is 182 Å². The number of hydrogen-bond donors (Lipinski definition) is 1. The average molecular weight is 415 g/mol. The molecule has 1 N–H and O–H groups in total.